The first kappa shape index (κ1) is 13.7. The van der Waals surface area contributed by atoms with E-state index in [9.17, 15) is 9.90 Å². The molecule has 1 saturated heterocycles. The molecule has 1 atom stereocenters. The second-order valence-corrected chi connectivity index (χ2v) is 5.83. The van der Waals surface area contributed by atoms with Crippen molar-refractivity contribution in [2.24, 2.45) is 5.92 Å². The summed E-state index contributed by atoms with van der Waals surface area (Å²) < 4.78 is 0. The van der Waals surface area contributed by atoms with Crippen LogP contribution in [0.25, 0.3) is 0 Å². The topological polar surface area (TPSA) is 43.8 Å². The van der Waals surface area contributed by atoms with Crippen LogP contribution in [0, 0.1) is 5.92 Å². The first-order chi connectivity index (χ1) is 8.72. The number of rotatable bonds is 3. The highest BCUT2D eigenvalue weighted by Gasteiger charge is 2.31. The van der Waals surface area contributed by atoms with Gasteiger partial charge >= 0.3 is 6.03 Å². The van der Waals surface area contributed by atoms with Gasteiger partial charge < -0.3 is 14.9 Å². The Balaban J connectivity index is 1.97. The molecular formula is C14H26N2O2. The minimum atomic E-state index is 0.0750. The van der Waals surface area contributed by atoms with Crippen molar-refractivity contribution in [1.82, 2.24) is 9.80 Å². The van der Waals surface area contributed by atoms with Crippen LogP contribution < -0.4 is 0 Å². The van der Waals surface area contributed by atoms with Crippen molar-refractivity contribution in [1.29, 1.82) is 0 Å². The van der Waals surface area contributed by atoms with E-state index in [2.05, 4.69) is 6.92 Å². The van der Waals surface area contributed by atoms with E-state index in [0.29, 0.717) is 18.5 Å². The lowest BCUT2D eigenvalue weighted by Crippen LogP contribution is -2.51. The Kier molecular flexibility index (Phi) is 4.87. The summed E-state index contributed by atoms with van der Waals surface area (Å²) in [6.07, 6.45) is 6.99. The Morgan fingerprint density at radius 1 is 1.28 bits per heavy atom. The van der Waals surface area contributed by atoms with Gasteiger partial charge in [0, 0.05) is 25.7 Å². The SMILES string of the molecule is CC1CCCN(C(=O)N(CCO)C2CCCC2)C1. The molecule has 2 rings (SSSR count). The van der Waals surface area contributed by atoms with Crippen LogP contribution in [0.2, 0.25) is 0 Å². The van der Waals surface area contributed by atoms with E-state index in [1.807, 2.05) is 9.80 Å². The first-order valence-electron chi connectivity index (χ1n) is 7.38. The van der Waals surface area contributed by atoms with E-state index in [-0.39, 0.29) is 12.6 Å². The minimum absolute atomic E-state index is 0.0750. The van der Waals surface area contributed by atoms with Crippen molar-refractivity contribution in [2.75, 3.05) is 26.2 Å². The van der Waals surface area contributed by atoms with Gasteiger partial charge in [-0.05, 0) is 31.6 Å². The summed E-state index contributed by atoms with van der Waals surface area (Å²) in [7, 11) is 0. The zero-order valence-corrected chi connectivity index (χ0v) is 11.5. The van der Waals surface area contributed by atoms with Crippen LogP contribution in [0.4, 0.5) is 4.79 Å². The number of aliphatic hydroxyl groups excluding tert-OH is 1. The monoisotopic (exact) mass is 254 g/mol. The van der Waals surface area contributed by atoms with E-state index < -0.39 is 0 Å². The Morgan fingerprint density at radius 2 is 2.00 bits per heavy atom. The average molecular weight is 254 g/mol. The molecule has 0 aromatic heterocycles. The molecule has 1 N–H and O–H groups in total. The summed E-state index contributed by atoms with van der Waals surface area (Å²) in [5, 5.41) is 9.18. The predicted octanol–water partition coefficient (Wildman–Crippen LogP) is 2.08. The van der Waals surface area contributed by atoms with Crippen LogP contribution in [0.5, 0.6) is 0 Å². The number of carbonyl (C=O) groups is 1. The number of likely N-dealkylation sites (tertiary alicyclic amines) is 1. The zero-order chi connectivity index (χ0) is 13.0. The number of urea groups is 1. The van der Waals surface area contributed by atoms with Gasteiger partial charge in [-0.1, -0.05) is 19.8 Å². The molecule has 4 heteroatoms. The fourth-order valence-electron chi connectivity index (χ4n) is 3.30. The fraction of sp³-hybridized carbons (Fsp3) is 0.929. The molecule has 1 saturated carbocycles. The van der Waals surface area contributed by atoms with Crippen LogP contribution in [0.3, 0.4) is 0 Å². The number of carbonyl (C=O) groups excluding carboxylic acids is 1. The summed E-state index contributed by atoms with van der Waals surface area (Å²) in [5.41, 5.74) is 0. The highest BCUT2D eigenvalue weighted by Crippen LogP contribution is 2.25. The molecule has 1 unspecified atom stereocenters. The third kappa shape index (κ3) is 3.16. The maximum absolute atomic E-state index is 12.6. The van der Waals surface area contributed by atoms with Gasteiger partial charge in [0.1, 0.15) is 0 Å². The lowest BCUT2D eigenvalue weighted by molar-refractivity contribution is 0.104. The van der Waals surface area contributed by atoms with Gasteiger partial charge in [0.05, 0.1) is 6.61 Å². The largest absolute Gasteiger partial charge is 0.395 e. The molecule has 18 heavy (non-hydrogen) atoms. The lowest BCUT2D eigenvalue weighted by atomic mass is 10.0. The predicted molar refractivity (Wildman–Crippen MR) is 71.4 cm³/mol. The summed E-state index contributed by atoms with van der Waals surface area (Å²) >= 11 is 0. The molecular weight excluding hydrogens is 228 g/mol. The number of hydrogen-bond donors (Lipinski definition) is 1. The van der Waals surface area contributed by atoms with Crippen LogP contribution in [0.1, 0.15) is 45.4 Å². The average Bonchev–Trinajstić information content (AvgIpc) is 2.89. The standard InChI is InChI=1S/C14H26N2O2/c1-12-5-4-8-15(11-12)14(18)16(9-10-17)13-6-2-3-7-13/h12-13,17H,2-11H2,1H3. The van der Waals surface area contributed by atoms with Crippen molar-refractivity contribution < 1.29 is 9.90 Å². The highest BCUT2D eigenvalue weighted by atomic mass is 16.3. The number of hydrogen-bond acceptors (Lipinski definition) is 2. The van der Waals surface area contributed by atoms with E-state index in [1.165, 1.54) is 19.3 Å². The fourth-order valence-corrected chi connectivity index (χ4v) is 3.30. The Morgan fingerprint density at radius 3 is 2.61 bits per heavy atom. The molecule has 2 aliphatic rings. The molecule has 0 radical (unpaired) electrons. The van der Waals surface area contributed by atoms with E-state index >= 15 is 0 Å². The van der Waals surface area contributed by atoms with Gasteiger partial charge in [-0.2, -0.15) is 0 Å². The van der Waals surface area contributed by atoms with Crippen molar-refractivity contribution in [3.8, 4) is 0 Å². The highest BCUT2D eigenvalue weighted by molar-refractivity contribution is 5.75. The van der Waals surface area contributed by atoms with Crippen LogP contribution in [0.15, 0.2) is 0 Å². The van der Waals surface area contributed by atoms with Crippen LogP contribution in [-0.4, -0.2) is 53.2 Å². The van der Waals surface area contributed by atoms with E-state index in [0.717, 1.165) is 32.4 Å². The van der Waals surface area contributed by atoms with Crippen LogP contribution >= 0.6 is 0 Å². The zero-order valence-electron chi connectivity index (χ0n) is 11.5. The maximum atomic E-state index is 12.6. The smallest absolute Gasteiger partial charge is 0.320 e. The van der Waals surface area contributed by atoms with Gasteiger partial charge in [0.2, 0.25) is 0 Å². The van der Waals surface area contributed by atoms with E-state index in [4.69, 9.17) is 0 Å². The van der Waals surface area contributed by atoms with Crippen molar-refractivity contribution in [3.63, 3.8) is 0 Å². The number of nitrogens with zero attached hydrogens (tertiary/aromatic N) is 2. The molecule has 4 nitrogen and oxygen atoms in total. The molecule has 1 aliphatic heterocycles. The van der Waals surface area contributed by atoms with Crippen molar-refractivity contribution in [3.05, 3.63) is 0 Å². The first-order valence-corrected chi connectivity index (χ1v) is 7.38. The van der Waals surface area contributed by atoms with Crippen LogP contribution in [-0.2, 0) is 0 Å². The van der Waals surface area contributed by atoms with Gasteiger partial charge in [-0.3, -0.25) is 0 Å². The molecule has 1 heterocycles. The molecule has 0 aromatic rings. The minimum Gasteiger partial charge on any atom is -0.395 e. The number of amides is 2. The van der Waals surface area contributed by atoms with Gasteiger partial charge in [-0.25, -0.2) is 4.79 Å². The third-order valence-corrected chi connectivity index (χ3v) is 4.28. The second kappa shape index (κ2) is 6.41. The lowest BCUT2D eigenvalue weighted by Gasteiger charge is -2.37. The summed E-state index contributed by atoms with van der Waals surface area (Å²) in [4.78, 5) is 16.5. The molecule has 104 valence electrons. The van der Waals surface area contributed by atoms with Gasteiger partial charge in [0.15, 0.2) is 0 Å². The second-order valence-electron chi connectivity index (χ2n) is 5.83. The summed E-state index contributed by atoms with van der Waals surface area (Å²) in [6, 6.07) is 0.518. The molecule has 2 amide bonds. The third-order valence-electron chi connectivity index (χ3n) is 4.28. The van der Waals surface area contributed by atoms with Crippen molar-refractivity contribution >= 4 is 6.03 Å². The van der Waals surface area contributed by atoms with Gasteiger partial charge in [0.25, 0.3) is 0 Å². The number of piperidine rings is 1. The van der Waals surface area contributed by atoms with Crippen molar-refractivity contribution in [2.45, 2.75) is 51.5 Å². The molecule has 0 spiro atoms. The Hall–Kier alpha value is -0.770. The Bertz CT molecular complexity index is 277. The maximum Gasteiger partial charge on any atom is 0.320 e. The summed E-state index contributed by atoms with van der Waals surface area (Å²) in [6.45, 7) is 4.55. The Labute approximate surface area is 110 Å². The quantitative estimate of drug-likeness (QED) is 0.838. The molecule has 0 bridgehead atoms. The summed E-state index contributed by atoms with van der Waals surface area (Å²) in [5.74, 6) is 0.613. The molecule has 2 fully saturated rings. The van der Waals surface area contributed by atoms with Gasteiger partial charge in [-0.15, -0.1) is 0 Å². The number of aliphatic hydroxyl groups is 1. The molecule has 0 aromatic carbocycles. The molecule has 1 aliphatic carbocycles. The normalized spacial score (nSPS) is 25.4. The van der Waals surface area contributed by atoms with E-state index in [1.54, 1.807) is 0 Å².